The van der Waals surface area contributed by atoms with Crippen LogP contribution in [0, 0.1) is 5.92 Å². The number of nitrogens with zero attached hydrogens (tertiary/aromatic N) is 1. The van der Waals surface area contributed by atoms with Gasteiger partial charge in [-0.05, 0) is 25.7 Å². The van der Waals surface area contributed by atoms with Gasteiger partial charge >= 0.3 is 6.03 Å². The second-order valence-corrected chi connectivity index (χ2v) is 8.02. The lowest BCUT2D eigenvalue weighted by Crippen LogP contribution is -2.27. The Morgan fingerprint density at radius 3 is 2.53 bits per heavy atom. The molecule has 1 fully saturated rings. The van der Waals surface area contributed by atoms with E-state index in [1.54, 1.807) is 0 Å². The van der Waals surface area contributed by atoms with Crippen molar-refractivity contribution < 1.29 is 4.79 Å². The van der Waals surface area contributed by atoms with E-state index in [1.165, 1.54) is 11.5 Å². The number of urea groups is 1. The summed E-state index contributed by atoms with van der Waals surface area (Å²) in [5.74, 6) is 2.80. The standard InChI is InChI=1S/C11H21N3OS2/c1-8(2)9(13-14-10(12)15)4-5-11(3)16-6-7-17-11/h8H,4-7H2,1-3H3,(H3,12,14,15)/b13-9-. The van der Waals surface area contributed by atoms with Gasteiger partial charge in [0.15, 0.2) is 0 Å². The summed E-state index contributed by atoms with van der Waals surface area (Å²) in [5, 5.41) is 4.09. The maximum Gasteiger partial charge on any atom is 0.332 e. The predicted molar refractivity (Wildman–Crippen MR) is 77.5 cm³/mol. The normalized spacial score (nSPS) is 19.6. The monoisotopic (exact) mass is 275 g/mol. The van der Waals surface area contributed by atoms with Crippen molar-refractivity contribution in [2.45, 2.75) is 37.7 Å². The average molecular weight is 275 g/mol. The molecule has 1 rings (SSSR count). The molecule has 0 bridgehead atoms. The van der Waals surface area contributed by atoms with E-state index in [0.29, 0.717) is 10.00 Å². The predicted octanol–water partition coefficient (Wildman–Crippen LogP) is 2.64. The molecular formula is C11H21N3OS2. The Balaban J connectivity index is 2.49. The summed E-state index contributed by atoms with van der Waals surface area (Å²) < 4.78 is 0.308. The molecule has 3 N–H and O–H groups in total. The van der Waals surface area contributed by atoms with E-state index in [-0.39, 0.29) is 0 Å². The lowest BCUT2D eigenvalue weighted by atomic mass is 10.0. The number of carbonyl (C=O) groups excluding carboxylic acids is 1. The maximum atomic E-state index is 10.6. The number of rotatable bonds is 5. The number of hydrogen-bond acceptors (Lipinski definition) is 4. The van der Waals surface area contributed by atoms with Crippen molar-refractivity contribution in [1.29, 1.82) is 0 Å². The van der Waals surface area contributed by atoms with Gasteiger partial charge in [-0.1, -0.05) is 13.8 Å². The Bertz CT molecular complexity index is 299. The van der Waals surface area contributed by atoms with Crippen LogP contribution in [0.1, 0.15) is 33.6 Å². The highest BCUT2D eigenvalue weighted by atomic mass is 32.2. The third kappa shape index (κ3) is 5.21. The minimum atomic E-state index is -0.598. The summed E-state index contributed by atoms with van der Waals surface area (Å²) in [7, 11) is 0. The van der Waals surface area contributed by atoms with Crippen molar-refractivity contribution in [3.63, 3.8) is 0 Å². The summed E-state index contributed by atoms with van der Waals surface area (Å²) in [6.07, 6.45) is 1.99. The van der Waals surface area contributed by atoms with Gasteiger partial charge in [-0.2, -0.15) is 5.10 Å². The van der Waals surface area contributed by atoms with Crippen LogP contribution >= 0.6 is 23.5 Å². The van der Waals surface area contributed by atoms with E-state index in [4.69, 9.17) is 5.73 Å². The van der Waals surface area contributed by atoms with Crippen LogP contribution in [0.15, 0.2) is 5.10 Å². The molecule has 0 saturated carbocycles. The molecule has 1 saturated heterocycles. The molecule has 0 aromatic heterocycles. The Kier molecular flexibility index (Phi) is 5.66. The Hall–Kier alpha value is -0.360. The zero-order valence-electron chi connectivity index (χ0n) is 10.7. The number of carbonyl (C=O) groups is 1. The van der Waals surface area contributed by atoms with E-state index in [2.05, 4.69) is 31.3 Å². The minimum Gasteiger partial charge on any atom is -0.350 e. The number of hydrazone groups is 1. The van der Waals surface area contributed by atoms with Crippen LogP contribution in [0.2, 0.25) is 0 Å². The zero-order chi connectivity index (χ0) is 12.9. The molecule has 0 radical (unpaired) electrons. The van der Waals surface area contributed by atoms with Crippen LogP contribution in [-0.4, -0.2) is 27.3 Å². The van der Waals surface area contributed by atoms with E-state index >= 15 is 0 Å². The van der Waals surface area contributed by atoms with Crippen molar-refractivity contribution >= 4 is 35.3 Å². The summed E-state index contributed by atoms with van der Waals surface area (Å²) in [5.41, 5.74) is 8.36. The number of nitrogens with two attached hydrogens (primary N) is 1. The van der Waals surface area contributed by atoms with Crippen LogP contribution in [-0.2, 0) is 0 Å². The number of primary amides is 1. The van der Waals surface area contributed by atoms with Gasteiger partial charge in [0.1, 0.15) is 0 Å². The maximum absolute atomic E-state index is 10.6. The summed E-state index contributed by atoms with van der Waals surface area (Å²) in [4.78, 5) is 10.6. The molecule has 0 aliphatic carbocycles. The van der Waals surface area contributed by atoms with Gasteiger partial charge in [0.05, 0.1) is 4.08 Å². The lowest BCUT2D eigenvalue weighted by molar-refractivity contribution is 0.249. The second kappa shape index (κ2) is 6.54. The SMILES string of the molecule is CC(C)/C(CCC1(C)SCCS1)=N\NC(N)=O. The van der Waals surface area contributed by atoms with Gasteiger partial charge in [0.2, 0.25) is 0 Å². The van der Waals surface area contributed by atoms with E-state index < -0.39 is 6.03 Å². The van der Waals surface area contributed by atoms with Gasteiger partial charge < -0.3 is 5.73 Å². The van der Waals surface area contributed by atoms with Crippen molar-refractivity contribution in [3.05, 3.63) is 0 Å². The van der Waals surface area contributed by atoms with E-state index in [0.717, 1.165) is 18.6 Å². The van der Waals surface area contributed by atoms with Crippen molar-refractivity contribution in [2.75, 3.05) is 11.5 Å². The number of thioether (sulfide) groups is 2. The van der Waals surface area contributed by atoms with Gasteiger partial charge in [0, 0.05) is 17.2 Å². The zero-order valence-corrected chi connectivity index (χ0v) is 12.3. The quantitative estimate of drug-likeness (QED) is 0.599. The molecule has 0 aromatic rings. The molecule has 17 heavy (non-hydrogen) atoms. The summed E-state index contributed by atoms with van der Waals surface area (Å²) in [6.45, 7) is 6.45. The summed E-state index contributed by atoms with van der Waals surface area (Å²) >= 11 is 4.04. The molecule has 1 aliphatic heterocycles. The first kappa shape index (κ1) is 14.7. The molecular weight excluding hydrogens is 254 g/mol. The minimum absolute atomic E-state index is 0.308. The third-order valence-corrected chi connectivity index (χ3v) is 6.12. The average Bonchev–Trinajstić information content (AvgIpc) is 2.64. The lowest BCUT2D eigenvalue weighted by Gasteiger charge is -2.22. The van der Waals surface area contributed by atoms with Crippen molar-refractivity contribution in [3.8, 4) is 0 Å². The summed E-state index contributed by atoms with van der Waals surface area (Å²) in [6, 6.07) is -0.598. The highest BCUT2D eigenvalue weighted by Gasteiger charge is 2.30. The smallest absolute Gasteiger partial charge is 0.332 e. The molecule has 0 aromatic carbocycles. The molecule has 4 nitrogen and oxygen atoms in total. The number of nitrogens with one attached hydrogen (secondary N) is 1. The first-order valence-corrected chi connectivity index (χ1v) is 7.80. The molecule has 0 atom stereocenters. The molecule has 1 heterocycles. The number of hydrogen-bond donors (Lipinski definition) is 2. The Morgan fingerprint density at radius 1 is 1.47 bits per heavy atom. The van der Waals surface area contributed by atoms with E-state index in [9.17, 15) is 4.79 Å². The van der Waals surface area contributed by atoms with Crippen LogP contribution in [0.3, 0.4) is 0 Å². The van der Waals surface area contributed by atoms with Gasteiger partial charge in [-0.25, -0.2) is 10.2 Å². The molecule has 0 unspecified atom stereocenters. The molecule has 98 valence electrons. The first-order valence-electron chi connectivity index (χ1n) is 5.83. The fourth-order valence-electron chi connectivity index (χ4n) is 1.66. The fourth-order valence-corrected chi connectivity index (χ4v) is 4.51. The molecule has 6 heteroatoms. The third-order valence-electron chi connectivity index (χ3n) is 2.71. The van der Waals surface area contributed by atoms with Crippen molar-refractivity contribution in [2.24, 2.45) is 16.8 Å². The van der Waals surface area contributed by atoms with Crippen LogP contribution in [0.5, 0.6) is 0 Å². The van der Waals surface area contributed by atoms with Crippen LogP contribution in [0.25, 0.3) is 0 Å². The molecule has 1 aliphatic rings. The molecule has 0 spiro atoms. The highest BCUT2D eigenvalue weighted by Crippen LogP contribution is 2.46. The largest absolute Gasteiger partial charge is 0.350 e. The fraction of sp³-hybridized carbons (Fsp3) is 0.818. The number of amides is 2. The van der Waals surface area contributed by atoms with E-state index in [1.807, 2.05) is 23.5 Å². The Labute approximate surface area is 112 Å². The Morgan fingerprint density at radius 2 is 2.06 bits per heavy atom. The molecule has 2 amide bonds. The van der Waals surface area contributed by atoms with Crippen LogP contribution < -0.4 is 11.2 Å². The van der Waals surface area contributed by atoms with Gasteiger partial charge in [-0.15, -0.1) is 23.5 Å². The topological polar surface area (TPSA) is 67.5 Å². The second-order valence-electron chi connectivity index (χ2n) is 4.56. The first-order chi connectivity index (χ1) is 7.93. The van der Waals surface area contributed by atoms with Gasteiger partial charge in [-0.3, -0.25) is 0 Å². The van der Waals surface area contributed by atoms with Crippen molar-refractivity contribution in [1.82, 2.24) is 5.43 Å². The van der Waals surface area contributed by atoms with Crippen LogP contribution in [0.4, 0.5) is 4.79 Å². The van der Waals surface area contributed by atoms with Gasteiger partial charge in [0.25, 0.3) is 0 Å². The highest BCUT2D eigenvalue weighted by molar-refractivity contribution is 8.21.